The van der Waals surface area contributed by atoms with E-state index in [1.54, 1.807) is 0 Å². The van der Waals surface area contributed by atoms with Gasteiger partial charge in [0.1, 0.15) is 5.75 Å². The minimum atomic E-state index is -0.0696. The van der Waals surface area contributed by atoms with Gasteiger partial charge in [0.2, 0.25) is 0 Å². The SMILES string of the molecule is O=C(COc1cccc2c1CCCC2)NCc1cccc(CN2CCCCC2)c1. The van der Waals surface area contributed by atoms with Gasteiger partial charge in [0.25, 0.3) is 5.91 Å². The predicted molar refractivity (Wildman–Crippen MR) is 116 cm³/mol. The van der Waals surface area contributed by atoms with Crippen LogP contribution in [0.3, 0.4) is 0 Å². The number of carbonyl (C=O) groups is 1. The molecule has 1 heterocycles. The molecule has 1 aliphatic heterocycles. The Balaban J connectivity index is 1.26. The van der Waals surface area contributed by atoms with E-state index < -0.39 is 0 Å². The zero-order valence-electron chi connectivity index (χ0n) is 17.3. The summed E-state index contributed by atoms with van der Waals surface area (Å²) in [5, 5.41) is 3.00. The molecule has 1 saturated heterocycles. The first-order valence-corrected chi connectivity index (χ1v) is 11.1. The summed E-state index contributed by atoms with van der Waals surface area (Å²) < 4.78 is 5.86. The summed E-state index contributed by atoms with van der Waals surface area (Å²) in [6.45, 7) is 4.01. The first-order valence-electron chi connectivity index (χ1n) is 11.1. The van der Waals surface area contributed by atoms with E-state index in [1.165, 1.54) is 61.9 Å². The molecule has 0 unspecified atom stereocenters. The summed E-state index contributed by atoms with van der Waals surface area (Å²) in [4.78, 5) is 14.8. The highest BCUT2D eigenvalue weighted by Gasteiger charge is 2.15. The maximum Gasteiger partial charge on any atom is 0.258 e. The minimum absolute atomic E-state index is 0.0696. The molecule has 0 radical (unpaired) electrons. The summed E-state index contributed by atoms with van der Waals surface area (Å²) in [5.41, 5.74) is 5.13. The highest BCUT2D eigenvalue weighted by atomic mass is 16.5. The van der Waals surface area contributed by atoms with Crippen molar-refractivity contribution < 1.29 is 9.53 Å². The lowest BCUT2D eigenvalue weighted by Crippen LogP contribution is -2.29. The van der Waals surface area contributed by atoms with Crippen LogP contribution in [0, 0.1) is 0 Å². The van der Waals surface area contributed by atoms with Gasteiger partial charge >= 0.3 is 0 Å². The first kappa shape index (κ1) is 20.0. The fourth-order valence-corrected chi connectivity index (χ4v) is 4.49. The number of ether oxygens (including phenoxy) is 1. The molecule has 2 aliphatic rings. The second kappa shape index (κ2) is 9.93. The van der Waals surface area contributed by atoms with Gasteiger partial charge in [-0.25, -0.2) is 0 Å². The third-order valence-corrected chi connectivity index (χ3v) is 6.05. The third-order valence-electron chi connectivity index (χ3n) is 6.05. The average molecular weight is 393 g/mol. The topological polar surface area (TPSA) is 41.6 Å². The molecule has 1 fully saturated rings. The van der Waals surface area contributed by atoms with Gasteiger partial charge in [-0.3, -0.25) is 9.69 Å². The first-order chi connectivity index (χ1) is 14.3. The van der Waals surface area contributed by atoms with Gasteiger partial charge in [-0.1, -0.05) is 42.8 Å². The maximum atomic E-state index is 12.3. The van der Waals surface area contributed by atoms with Crippen molar-refractivity contribution in [2.24, 2.45) is 0 Å². The van der Waals surface area contributed by atoms with Gasteiger partial charge < -0.3 is 10.1 Å². The van der Waals surface area contributed by atoms with Crippen molar-refractivity contribution in [3.05, 3.63) is 64.7 Å². The molecular weight excluding hydrogens is 360 g/mol. The largest absolute Gasteiger partial charge is 0.483 e. The highest BCUT2D eigenvalue weighted by Crippen LogP contribution is 2.29. The Hall–Kier alpha value is -2.33. The summed E-state index contributed by atoms with van der Waals surface area (Å²) in [7, 11) is 0. The molecule has 0 spiro atoms. The van der Waals surface area contributed by atoms with Crippen LogP contribution in [-0.4, -0.2) is 30.5 Å². The molecule has 2 aromatic carbocycles. The van der Waals surface area contributed by atoms with Gasteiger partial charge in [0.15, 0.2) is 6.61 Å². The van der Waals surface area contributed by atoms with Crippen molar-refractivity contribution >= 4 is 5.91 Å². The van der Waals surface area contributed by atoms with Crippen LogP contribution in [0.15, 0.2) is 42.5 Å². The quantitative estimate of drug-likeness (QED) is 0.766. The Bertz CT molecular complexity index is 827. The van der Waals surface area contributed by atoms with E-state index in [0.717, 1.165) is 30.7 Å². The van der Waals surface area contributed by atoms with E-state index in [1.807, 2.05) is 12.1 Å². The zero-order valence-corrected chi connectivity index (χ0v) is 17.3. The molecule has 29 heavy (non-hydrogen) atoms. The van der Waals surface area contributed by atoms with Crippen molar-refractivity contribution in [3.8, 4) is 5.75 Å². The van der Waals surface area contributed by atoms with E-state index in [9.17, 15) is 4.79 Å². The van der Waals surface area contributed by atoms with Crippen LogP contribution >= 0.6 is 0 Å². The number of carbonyl (C=O) groups excluding carboxylic acids is 1. The zero-order chi connectivity index (χ0) is 19.9. The lowest BCUT2D eigenvalue weighted by Gasteiger charge is -2.26. The normalized spacial score (nSPS) is 16.8. The Morgan fingerprint density at radius 1 is 0.931 bits per heavy atom. The van der Waals surface area contributed by atoms with Crippen LogP contribution in [0.1, 0.15) is 54.4 Å². The lowest BCUT2D eigenvalue weighted by molar-refractivity contribution is -0.123. The molecule has 0 saturated carbocycles. The second-order valence-electron chi connectivity index (χ2n) is 8.32. The van der Waals surface area contributed by atoms with Crippen molar-refractivity contribution in [1.29, 1.82) is 0 Å². The van der Waals surface area contributed by atoms with E-state index in [0.29, 0.717) is 6.54 Å². The lowest BCUT2D eigenvalue weighted by atomic mass is 9.91. The van der Waals surface area contributed by atoms with E-state index >= 15 is 0 Å². The molecule has 1 aliphatic carbocycles. The fourth-order valence-electron chi connectivity index (χ4n) is 4.49. The number of piperidine rings is 1. The van der Waals surface area contributed by atoms with Gasteiger partial charge in [-0.15, -0.1) is 0 Å². The number of rotatable bonds is 7. The molecule has 4 heteroatoms. The fraction of sp³-hybridized carbons (Fsp3) is 0.480. The molecule has 4 nitrogen and oxygen atoms in total. The van der Waals surface area contributed by atoms with Crippen LogP contribution in [0.25, 0.3) is 0 Å². The number of hydrogen-bond donors (Lipinski definition) is 1. The molecule has 2 aromatic rings. The number of likely N-dealkylation sites (tertiary alicyclic amines) is 1. The molecule has 154 valence electrons. The van der Waals surface area contributed by atoms with Crippen molar-refractivity contribution in [3.63, 3.8) is 0 Å². The van der Waals surface area contributed by atoms with E-state index in [4.69, 9.17) is 4.74 Å². The van der Waals surface area contributed by atoms with Crippen molar-refractivity contribution in [2.75, 3.05) is 19.7 Å². The molecule has 4 rings (SSSR count). The summed E-state index contributed by atoms with van der Waals surface area (Å²) in [6, 6.07) is 14.8. The third kappa shape index (κ3) is 5.60. The van der Waals surface area contributed by atoms with E-state index in [2.05, 4.69) is 40.5 Å². The molecule has 1 amide bonds. The number of benzene rings is 2. The van der Waals surface area contributed by atoms with Crippen molar-refractivity contribution in [1.82, 2.24) is 10.2 Å². The molecule has 1 N–H and O–H groups in total. The van der Waals surface area contributed by atoms with Crippen LogP contribution in [0.2, 0.25) is 0 Å². The Morgan fingerprint density at radius 3 is 2.62 bits per heavy atom. The Labute approximate surface area is 174 Å². The van der Waals surface area contributed by atoms with Gasteiger partial charge in [0, 0.05) is 13.1 Å². The van der Waals surface area contributed by atoms with Crippen LogP contribution in [0.4, 0.5) is 0 Å². The summed E-state index contributed by atoms with van der Waals surface area (Å²) in [6.07, 6.45) is 8.59. The number of nitrogens with one attached hydrogen (secondary N) is 1. The summed E-state index contributed by atoms with van der Waals surface area (Å²) >= 11 is 0. The number of fused-ring (bicyclic) bond motifs is 1. The molecule has 0 bridgehead atoms. The van der Waals surface area contributed by atoms with Crippen LogP contribution < -0.4 is 10.1 Å². The van der Waals surface area contributed by atoms with E-state index in [-0.39, 0.29) is 12.5 Å². The molecule has 0 aromatic heterocycles. The highest BCUT2D eigenvalue weighted by molar-refractivity contribution is 5.77. The number of nitrogens with zero attached hydrogens (tertiary/aromatic N) is 1. The second-order valence-corrected chi connectivity index (χ2v) is 8.32. The molecular formula is C25H32N2O2. The monoisotopic (exact) mass is 392 g/mol. The standard InChI is InChI=1S/C25H32N2O2/c28-25(19-29-24-13-7-11-22-10-2-3-12-23(22)24)26-17-20-8-6-9-21(16-20)18-27-14-4-1-5-15-27/h6-9,11,13,16H,1-5,10,12,14-15,17-19H2,(H,26,28). The number of hydrogen-bond acceptors (Lipinski definition) is 3. The Morgan fingerprint density at radius 2 is 1.72 bits per heavy atom. The predicted octanol–water partition coefficient (Wildman–Crippen LogP) is 4.25. The van der Waals surface area contributed by atoms with Gasteiger partial charge in [-0.2, -0.15) is 0 Å². The number of aryl methyl sites for hydroxylation is 1. The van der Waals surface area contributed by atoms with Crippen LogP contribution in [-0.2, 0) is 30.7 Å². The number of amides is 1. The molecule has 0 atom stereocenters. The van der Waals surface area contributed by atoms with Gasteiger partial charge in [-0.05, 0) is 79.9 Å². The maximum absolute atomic E-state index is 12.3. The van der Waals surface area contributed by atoms with Crippen molar-refractivity contribution in [2.45, 2.75) is 58.0 Å². The minimum Gasteiger partial charge on any atom is -0.483 e. The van der Waals surface area contributed by atoms with Crippen LogP contribution in [0.5, 0.6) is 5.75 Å². The Kier molecular flexibility index (Phi) is 6.83. The average Bonchev–Trinajstić information content (AvgIpc) is 2.77. The summed E-state index contributed by atoms with van der Waals surface area (Å²) in [5.74, 6) is 0.806. The smallest absolute Gasteiger partial charge is 0.258 e. The van der Waals surface area contributed by atoms with Gasteiger partial charge in [0.05, 0.1) is 0 Å².